The number of furan rings is 1. The van der Waals surface area contributed by atoms with Gasteiger partial charge >= 0.3 is 0 Å². The highest BCUT2D eigenvalue weighted by Gasteiger charge is 2.24. The number of nitrogens with zero attached hydrogens (tertiary/aromatic N) is 2. The summed E-state index contributed by atoms with van der Waals surface area (Å²) in [5.41, 5.74) is 3.39. The minimum atomic E-state index is -0.513. The van der Waals surface area contributed by atoms with Crippen molar-refractivity contribution < 1.29 is 14.1 Å². The Labute approximate surface area is 187 Å². The average molecular weight is 454 g/mol. The molecule has 1 aliphatic heterocycles. The van der Waals surface area contributed by atoms with E-state index in [1.807, 2.05) is 26.0 Å². The Morgan fingerprint density at radius 2 is 1.87 bits per heavy atom. The van der Waals surface area contributed by atoms with Gasteiger partial charge in [-0.25, -0.2) is 4.99 Å². The Kier molecular flexibility index (Phi) is 5.67. The first-order valence-corrected chi connectivity index (χ1v) is 10.4. The number of benzene rings is 2. The molecular weight excluding hydrogens is 438 g/mol. The Morgan fingerprint density at radius 3 is 2.55 bits per heavy atom. The second-order valence-corrected chi connectivity index (χ2v) is 8.39. The molecule has 31 heavy (non-hydrogen) atoms. The van der Waals surface area contributed by atoms with Crippen LogP contribution in [0.4, 0.5) is 11.4 Å². The molecule has 3 aromatic rings. The monoisotopic (exact) mass is 453 g/mol. The van der Waals surface area contributed by atoms with Gasteiger partial charge in [0.15, 0.2) is 5.17 Å². The van der Waals surface area contributed by atoms with Crippen LogP contribution in [0, 0.1) is 24.0 Å². The van der Waals surface area contributed by atoms with E-state index in [1.54, 1.807) is 18.2 Å². The zero-order valence-electron chi connectivity index (χ0n) is 16.5. The first-order chi connectivity index (χ1) is 14.8. The van der Waals surface area contributed by atoms with Crippen LogP contribution in [0.15, 0.2) is 62.8 Å². The predicted molar refractivity (Wildman–Crippen MR) is 123 cm³/mol. The number of carbonyl (C=O) groups is 1. The van der Waals surface area contributed by atoms with E-state index >= 15 is 0 Å². The summed E-state index contributed by atoms with van der Waals surface area (Å²) in [6.45, 7) is 3.99. The van der Waals surface area contributed by atoms with Gasteiger partial charge in [0.2, 0.25) is 0 Å². The summed E-state index contributed by atoms with van der Waals surface area (Å²) in [4.78, 5) is 27.7. The van der Waals surface area contributed by atoms with Crippen LogP contribution in [0.1, 0.15) is 16.9 Å². The smallest absolute Gasteiger partial charge is 0.270 e. The van der Waals surface area contributed by atoms with Crippen molar-refractivity contribution in [2.75, 3.05) is 0 Å². The third-order valence-electron chi connectivity index (χ3n) is 4.42. The number of nitro benzene ring substituents is 1. The minimum Gasteiger partial charge on any atom is -0.457 e. The zero-order chi connectivity index (χ0) is 22.1. The molecular formula is C22H16ClN3O4S. The van der Waals surface area contributed by atoms with Gasteiger partial charge in [0.25, 0.3) is 11.6 Å². The van der Waals surface area contributed by atoms with Crippen LogP contribution in [-0.2, 0) is 4.79 Å². The number of aliphatic imine (C=N–C) groups is 1. The van der Waals surface area contributed by atoms with Gasteiger partial charge in [-0.3, -0.25) is 14.9 Å². The Hall–Kier alpha value is -3.36. The second kappa shape index (κ2) is 8.41. The van der Waals surface area contributed by atoms with Gasteiger partial charge in [-0.1, -0.05) is 17.7 Å². The number of nitrogens with one attached hydrogen (secondary N) is 1. The van der Waals surface area contributed by atoms with Crippen molar-refractivity contribution in [3.63, 3.8) is 0 Å². The molecule has 0 saturated carbocycles. The maximum absolute atomic E-state index is 12.3. The lowest BCUT2D eigenvalue weighted by Crippen LogP contribution is -2.19. The number of aryl methyl sites for hydroxylation is 2. The van der Waals surface area contributed by atoms with Gasteiger partial charge < -0.3 is 9.73 Å². The summed E-state index contributed by atoms with van der Waals surface area (Å²) in [6.07, 6.45) is 1.62. The molecule has 1 saturated heterocycles. The van der Waals surface area contributed by atoms with Gasteiger partial charge in [0.05, 0.1) is 20.5 Å². The predicted octanol–water partition coefficient (Wildman–Crippen LogP) is 6.02. The molecule has 1 fully saturated rings. The molecule has 1 aromatic heterocycles. The van der Waals surface area contributed by atoms with Gasteiger partial charge in [0, 0.05) is 23.8 Å². The van der Waals surface area contributed by atoms with E-state index in [1.165, 1.54) is 30.0 Å². The molecule has 1 aliphatic rings. The van der Waals surface area contributed by atoms with E-state index < -0.39 is 4.92 Å². The number of thioether (sulfide) groups is 1. The highest BCUT2D eigenvalue weighted by molar-refractivity contribution is 8.18. The number of nitro groups is 1. The molecule has 0 aliphatic carbocycles. The number of carbonyl (C=O) groups excluding carboxylic acids is 1. The van der Waals surface area contributed by atoms with E-state index in [0.717, 1.165) is 16.8 Å². The summed E-state index contributed by atoms with van der Waals surface area (Å²) in [5.74, 6) is 0.633. The molecule has 4 rings (SSSR count). The fourth-order valence-corrected chi connectivity index (χ4v) is 4.22. The van der Waals surface area contributed by atoms with Crippen molar-refractivity contribution in [3.8, 4) is 11.3 Å². The first-order valence-electron chi connectivity index (χ1n) is 9.20. The van der Waals surface area contributed by atoms with Crippen LogP contribution in [0.5, 0.6) is 0 Å². The lowest BCUT2D eigenvalue weighted by molar-refractivity contribution is -0.384. The van der Waals surface area contributed by atoms with Crippen molar-refractivity contribution in [1.29, 1.82) is 0 Å². The number of amidine groups is 1. The normalized spacial score (nSPS) is 16.2. The molecule has 1 amide bonds. The zero-order valence-corrected chi connectivity index (χ0v) is 18.1. The number of hydrogen-bond acceptors (Lipinski definition) is 6. The lowest BCUT2D eigenvalue weighted by atomic mass is 10.1. The maximum atomic E-state index is 12.3. The van der Waals surface area contributed by atoms with E-state index in [0.29, 0.717) is 27.2 Å². The van der Waals surface area contributed by atoms with Gasteiger partial charge in [-0.2, -0.15) is 0 Å². The van der Waals surface area contributed by atoms with Gasteiger partial charge in [0.1, 0.15) is 11.5 Å². The number of hydrogen-bond donors (Lipinski definition) is 1. The van der Waals surface area contributed by atoms with E-state index in [9.17, 15) is 14.9 Å². The summed E-state index contributed by atoms with van der Waals surface area (Å²) < 4.78 is 5.78. The molecule has 2 heterocycles. The van der Waals surface area contributed by atoms with Crippen LogP contribution in [0.3, 0.4) is 0 Å². The largest absolute Gasteiger partial charge is 0.457 e. The molecule has 2 aromatic carbocycles. The third kappa shape index (κ3) is 4.70. The van der Waals surface area contributed by atoms with Crippen molar-refractivity contribution in [2.45, 2.75) is 13.8 Å². The summed E-state index contributed by atoms with van der Waals surface area (Å²) in [7, 11) is 0. The van der Waals surface area contributed by atoms with Crippen molar-refractivity contribution in [3.05, 3.63) is 85.5 Å². The van der Waals surface area contributed by atoms with Crippen molar-refractivity contribution in [1.82, 2.24) is 5.32 Å². The second-order valence-electron chi connectivity index (χ2n) is 6.95. The number of non-ortho nitro benzene ring substituents is 1. The number of rotatable bonds is 4. The Balaban J connectivity index is 1.56. The van der Waals surface area contributed by atoms with Crippen LogP contribution in [-0.4, -0.2) is 16.0 Å². The van der Waals surface area contributed by atoms with Gasteiger partial charge in [-0.05, 0) is 67.1 Å². The summed E-state index contributed by atoms with van der Waals surface area (Å²) in [6, 6.07) is 13.5. The number of amides is 1. The summed E-state index contributed by atoms with van der Waals surface area (Å²) >= 11 is 7.39. The van der Waals surface area contributed by atoms with Gasteiger partial charge in [-0.15, -0.1) is 0 Å². The SMILES string of the molecule is Cc1cc(C)cc(N=C2NC(=O)/C(=C/c3ccc(-c4ccc([N+](=O)[O-])cc4Cl)o3)S2)c1. The fourth-order valence-electron chi connectivity index (χ4n) is 3.13. The van der Waals surface area contributed by atoms with Crippen LogP contribution in [0.2, 0.25) is 5.02 Å². The highest BCUT2D eigenvalue weighted by Crippen LogP contribution is 2.34. The average Bonchev–Trinajstić information content (AvgIpc) is 3.27. The van der Waals surface area contributed by atoms with Crippen molar-refractivity contribution in [2.24, 2.45) is 4.99 Å². The molecule has 1 N–H and O–H groups in total. The lowest BCUT2D eigenvalue weighted by Gasteiger charge is -2.00. The topological polar surface area (TPSA) is 97.7 Å². The van der Waals surface area contributed by atoms with Crippen molar-refractivity contribution >= 4 is 51.9 Å². The van der Waals surface area contributed by atoms with E-state index in [2.05, 4.69) is 16.4 Å². The Bertz CT molecular complexity index is 1260. The molecule has 0 spiro atoms. The van der Waals surface area contributed by atoms with Crippen LogP contribution in [0.25, 0.3) is 17.4 Å². The maximum Gasteiger partial charge on any atom is 0.270 e. The minimum absolute atomic E-state index is 0.0997. The molecule has 0 bridgehead atoms. The highest BCUT2D eigenvalue weighted by atomic mass is 35.5. The summed E-state index contributed by atoms with van der Waals surface area (Å²) in [5, 5.41) is 14.3. The van der Waals surface area contributed by atoms with E-state index in [4.69, 9.17) is 16.0 Å². The third-order valence-corrected chi connectivity index (χ3v) is 5.64. The number of halogens is 1. The molecule has 0 radical (unpaired) electrons. The first kappa shape index (κ1) is 20.9. The molecule has 9 heteroatoms. The standard InChI is InChI=1S/C22H16ClN3O4S/c1-12-7-13(2)9-14(8-12)24-22-25-21(27)20(31-22)11-16-4-6-19(30-16)17-5-3-15(26(28)29)10-18(17)23/h3-11H,1-2H3,(H,24,25,27)/b20-11-. The molecule has 0 unspecified atom stereocenters. The quantitative estimate of drug-likeness (QED) is 0.296. The molecule has 156 valence electrons. The fraction of sp³-hybridized carbons (Fsp3) is 0.0909. The van der Waals surface area contributed by atoms with E-state index in [-0.39, 0.29) is 16.6 Å². The molecule has 0 atom stereocenters. The molecule has 7 nitrogen and oxygen atoms in total. The Morgan fingerprint density at radius 1 is 1.13 bits per heavy atom. The van der Waals surface area contributed by atoms with Crippen LogP contribution >= 0.6 is 23.4 Å². The van der Waals surface area contributed by atoms with Crippen LogP contribution < -0.4 is 5.32 Å².